The summed E-state index contributed by atoms with van der Waals surface area (Å²) in [5.74, 6) is 0. The minimum absolute atomic E-state index is 1.19. The van der Waals surface area contributed by atoms with Crippen molar-refractivity contribution < 1.29 is 38.5 Å². The van der Waals surface area contributed by atoms with Crippen LogP contribution in [-0.4, -0.2) is 29.4 Å². The Morgan fingerprint density at radius 1 is 0.720 bits per heavy atom. The molecule has 0 unspecified atom stereocenters. The molecule has 0 aliphatic carbocycles. The molecule has 6 N–H and O–H groups in total. The average molecular weight is 402 g/mol. The summed E-state index contributed by atoms with van der Waals surface area (Å²) in [4.78, 5) is 43.1. The first-order chi connectivity index (χ1) is 11.1. The highest BCUT2D eigenvalue weighted by Crippen LogP contribution is 2.26. The number of hydrogen-bond donors (Lipinski definition) is 6. The maximum Gasteiger partial charge on any atom is 0.466 e. The van der Waals surface area contributed by atoms with Crippen LogP contribution in [0.3, 0.4) is 0 Å². The molecule has 0 saturated carbocycles. The lowest BCUT2D eigenvalue weighted by Crippen LogP contribution is -1.80. The molecule has 0 aromatic carbocycles. The van der Waals surface area contributed by atoms with E-state index in [0.717, 1.165) is 0 Å². The van der Waals surface area contributed by atoms with Crippen LogP contribution in [0, 0.1) is 0 Å². The van der Waals surface area contributed by atoms with Gasteiger partial charge in [-0.15, -0.1) is 0 Å². The third kappa shape index (κ3) is 59.6. The van der Waals surface area contributed by atoms with Gasteiger partial charge in [0.25, 0.3) is 0 Å². The van der Waals surface area contributed by atoms with Crippen LogP contribution in [0.15, 0.2) is 34.9 Å². The molecule has 10 heteroatoms. The maximum absolute atomic E-state index is 8.88. The first-order valence-electron chi connectivity index (χ1n) is 7.53. The minimum atomic E-state index is -4.64. The monoisotopic (exact) mass is 402 g/mol. The SMILES string of the molecule is CC=C(C)CCC=C(C)CCC=C(C)C.O=P(O)(O)O.O=P(O)(O)O. The number of allylic oxidation sites excluding steroid dienone is 6. The van der Waals surface area contributed by atoms with Crippen LogP contribution >= 0.6 is 15.6 Å². The molecule has 0 fully saturated rings. The molecular weight excluding hydrogens is 370 g/mol. The van der Waals surface area contributed by atoms with Crippen LogP contribution in [0.1, 0.15) is 60.3 Å². The predicted molar refractivity (Wildman–Crippen MR) is 99.6 cm³/mol. The Kier molecular flexibility index (Phi) is 18.3. The van der Waals surface area contributed by atoms with E-state index in [1.165, 1.54) is 42.4 Å². The molecule has 0 spiro atoms. The largest absolute Gasteiger partial charge is 0.466 e. The van der Waals surface area contributed by atoms with Gasteiger partial charge in [-0.05, 0) is 60.3 Å². The van der Waals surface area contributed by atoms with E-state index in [-0.39, 0.29) is 0 Å². The van der Waals surface area contributed by atoms with Gasteiger partial charge in [0.05, 0.1) is 0 Å². The van der Waals surface area contributed by atoms with E-state index < -0.39 is 15.6 Å². The number of rotatable bonds is 6. The first kappa shape index (κ1) is 29.2. The lowest BCUT2D eigenvalue weighted by atomic mass is 10.1. The second-order valence-corrected chi connectivity index (χ2v) is 7.62. The van der Waals surface area contributed by atoms with E-state index in [1.54, 1.807) is 0 Å². The van der Waals surface area contributed by atoms with Crippen molar-refractivity contribution in [3.8, 4) is 0 Å². The third-order valence-corrected chi connectivity index (χ3v) is 2.62. The van der Waals surface area contributed by atoms with Crippen LogP contribution in [0.25, 0.3) is 0 Å². The predicted octanol–water partition coefficient (Wildman–Crippen LogP) is 3.57. The van der Waals surface area contributed by atoms with Gasteiger partial charge in [0, 0.05) is 0 Å². The fourth-order valence-corrected chi connectivity index (χ4v) is 1.38. The third-order valence-electron chi connectivity index (χ3n) is 2.62. The lowest BCUT2D eigenvalue weighted by Gasteiger charge is -2.00. The second-order valence-electron chi connectivity index (χ2n) is 5.57. The van der Waals surface area contributed by atoms with E-state index in [0.29, 0.717) is 0 Å². The topological polar surface area (TPSA) is 156 Å². The normalized spacial score (nSPS) is 12.4. The summed E-state index contributed by atoms with van der Waals surface area (Å²) in [5.41, 5.74) is 4.44. The molecule has 0 atom stereocenters. The molecule has 0 saturated heterocycles. The van der Waals surface area contributed by atoms with Gasteiger partial charge in [-0.3, -0.25) is 0 Å². The summed E-state index contributed by atoms with van der Waals surface area (Å²) in [7, 11) is -9.28. The highest BCUT2D eigenvalue weighted by molar-refractivity contribution is 7.45. The summed E-state index contributed by atoms with van der Waals surface area (Å²) in [6.45, 7) is 10.9. The molecule has 0 aliphatic heterocycles. The molecule has 8 nitrogen and oxygen atoms in total. The molecule has 0 heterocycles. The van der Waals surface area contributed by atoms with Gasteiger partial charge in [0.1, 0.15) is 0 Å². The summed E-state index contributed by atoms with van der Waals surface area (Å²) < 4.78 is 17.8. The number of hydrogen-bond acceptors (Lipinski definition) is 2. The second kappa shape index (κ2) is 15.7. The molecule has 150 valence electrons. The zero-order valence-electron chi connectivity index (χ0n) is 15.5. The summed E-state index contributed by atoms with van der Waals surface area (Å²) in [5, 5.41) is 0. The van der Waals surface area contributed by atoms with Crippen LogP contribution < -0.4 is 0 Å². The maximum atomic E-state index is 8.88. The highest BCUT2D eigenvalue weighted by Gasteiger charge is 2.00. The molecule has 0 bridgehead atoms. The van der Waals surface area contributed by atoms with Gasteiger partial charge in [0.2, 0.25) is 0 Å². The van der Waals surface area contributed by atoms with Gasteiger partial charge in [-0.25, -0.2) is 9.13 Å². The van der Waals surface area contributed by atoms with Crippen LogP contribution in [0.4, 0.5) is 0 Å². The van der Waals surface area contributed by atoms with Crippen LogP contribution in [0.2, 0.25) is 0 Å². The van der Waals surface area contributed by atoms with Crippen LogP contribution in [-0.2, 0) is 9.13 Å². The minimum Gasteiger partial charge on any atom is -0.303 e. The Bertz CT molecular complexity index is 485. The van der Waals surface area contributed by atoms with Crippen molar-refractivity contribution in [1.82, 2.24) is 0 Å². The standard InChI is InChI=1S/C15H26.2H3O4P/c1-6-14(4)10-8-12-15(5)11-7-9-13(2)3;2*1-5(2,3)4/h6,9,12H,7-8,10-11H2,1-5H3;2*(H3,1,2,3,4). The van der Waals surface area contributed by atoms with E-state index in [9.17, 15) is 0 Å². The molecular formula is C15H32O8P2. The van der Waals surface area contributed by atoms with Crippen molar-refractivity contribution in [3.63, 3.8) is 0 Å². The first-order valence-corrected chi connectivity index (χ1v) is 10.7. The molecule has 0 aromatic heterocycles. The van der Waals surface area contributed by atoms with Crippen LogP contribution in [0.5, 0.6) is 0 Å². The highest BCUT2D eigenvalue weighted by atomic mass is 31.2. The van der Waals surface area contributed by atoms with E-state index in [4.69, 9.17) is 38.5 Å². The van der Waals surface area contributed by atoms with Crippen molar-refractivity contribution in [2.75, 3.05) is 0 Å². The Morgan fingerprint density at radius 3 is 1.36 bits per heavy atom. The average Bonchev–Trinajstić information content (AvgIpc) is 2.34. The zero-order valence-corrected chi connectivity index (χ0v) is 17.2. The fraction of sp³-hybridized carbons (Fsp3) is 0.600. The summed E-state index contributed by atoms with van der Waals surface area (Å²) in [6, 6.07) is 0. The van der Waals surface area contributed by atoms with Crippen molar-refractivity contribution >= 4 is 15.6 Å². The van der Waals surface area contributed by atoms with Gasteiger partial charge in [-0.2, -0.15) is 0 Å². The fourth-order valence-electron chi connectivity index (χ4n) is 1.38. The Balaban J connectivity index is -0.000000396. The lowest BCUT2D eigenvalue weighted by molar-refractivity contribution is 0.272. The molecule has 0 rings (SSSR count). The smallest absolute Gasteiger partial charge is 0.303 e. The van der Waals surface area contributed by atoms with E-state index in [2.05, 4.69) is 52.8 Å². The molecule has 0 amide bonds. The van der Waals surface area contributed by atoms with Crippen molar-refractivity contribution in [3.05, 3.63) is 34.9 Å². The van der Waals surface area contributed by atoms with Crippen molar-refractivity contribution in [1.29, 1.82) is 0 Å². The van der Waals surface area contributed by atoms with E-state index in [1.807, 2.05) is 0 Å². The summed E-state index contributed by atoms with van der Waals surface area (Å²) >= 11 is 0. The molecule has 0 radical (unpaired) electrons. The van der Waals surface area contributed by atoms with Gasteiger partial charge in [-0.1, -0.05) is 34.9 Å². The molecule has 25 heavy (non-hydrogen) atoms. The molecule has 0 aliphatic rings. The van der Waals surface area contributed by atoms with Crippen molar-refractivity contribution in [2.45, 2.75) is 60.3 Å². The Hall–Kier alpha value is -0.560. The Morgan fingerprint density at radius 2 is 1.04 bits per heavy atom. The Labute approximate surface area is 150 Å². The van der Waals surface area contributed by atoms with Gasteiger partial charge < -0.3 is 29.4 Å². The summed E-state index contributed by atoms with van der Waals surface area (Å²) in [6.07, 6.45) is 11.7. The quantitative estimate of drug-likeness (QED) is 0.291. The number of phosphoric acid groups is 2. The van der Waals surface area contributed by atoms with Gasteiger partial charge >= 0.3 is 15.6 Å². The van der Waals surface area contributed by atoms with Crippen molar-refractivity contribution in [2.24, 2.45) is 0 Å². The molecule has 0 aromatic rings. The zero-order chi connectivity index (χ0) is 20.7. The van der Waals surface area contributed by atoms with Gasteiger partial charge in [0.15, 0.2) is 0 Å². The van der Waals surface area contributed by atoms with E-state index >= 15 is 0 Å².